The Morgan fingerprint density at radius 1 is 1.43 bits per heavy atom. The highest BCUT2D eigenvalue weighted by Crippen LogP contribution is 2.31. The van der Waals surface area contributed by atoms with Crippen molar-refractivity contribution >= 4 is 10.0 Å². The molecule has 0 amide bonds. The molecule has 0 bridgehead atoms. The summed E-state index contributed by atoms with van der Waals surface area (Å²) in [5.41, 5.74) is 1.84. The van der Waals surface area contributed by atoms with Gasteiger partial charge in [-0.25, -0.2) is 13.4 Å². The van der Waals surface area contributed by atoms with E-state index in [1.54, 1.807) is 24.7 Å². The topological polar surface area (TPSA) is 77.3 Å². The predicted molar refractivity (Wildman–Crippen MR) is 84.3 cm³/mol. The second-order valence-electron chi connectivity index (χ2n) is 5.53. The quantitative estimate of drug-likeness (QED) is 0.818. The molecule has 1 unspecified atom stereocenters. The van der Waals surface area contributed by atoms with Gasteiger partial charge in [-0.1, -0.05) is 0 Å². The van der Waals surface area contributed by atoms with Crippen LogP contribution in [0.5, 0.6) is 0 Å². The van der Waals surface area contributed by atoms with Crippen molar-refractivity contribution in [2.45, 2.75) is 24.3 Å². The second kappa shape index (κ2) is 6.38. The summed E-state index contributed by atoms with van der Waals surface area (Å²) in [6, 6.07) is 3.19. The molecule has 0 N–H and O–H groups in total. The van der Waals surface area contributed by atoms with Gasteiger partial charge in [0.25, 0.3) is 0 Å². The molecule has 124 valence electrons. The smallest absolute Gasteiger partial charge is 0.244 e. The van der Waals surface area contributed by atoms with E-state index >= 15 is 0 Å². The average molecular weight is 336 g/mol. The van der Waals surface area contributed by atoms with Gasteiger partial charge in [0.05, 0.1) is 25.2 Å². The van der Waals surface area contributed by atoms with Crippen molar-refractivity contribution in [1.29, 1.82) is 0 Å². The van der Waals surface area contributed by atoms with E-state index in [1.165, 1.54) is 10.5 Å². The molecule has 3 rings (SSSR count). The fraction of sp³-hybridized carbons (Fsp3) is 0.467. The summed E-state index contributed by atoms with van der Waals surface area (Å²) in [4.78, 5) is 8.47. The van der Waals surface area contributed by atoms with Gasteiger partial charge in [-0.15, -0.1) is 0 Å². The molecule has 0 aliphatic carbocycles. The number of pyridine rings is 1. The Labute approximate surface area is 136 Å². The first-order chi connectivity index (χ1) is 11.0. The summed E-state index contributed by atoms with van der Waals surface area (Å²) in [6.45, 7) is 3.65. The predicted octanol–water partition coefficient (Wildman–Crippen LogP) is 1.14. The van der Waals surface area contributed by atoms with Crippen LogP contribution in [0, 0.1) is 0 Å². The van der Waals surface area contributed by atoms with Crippen molar-refractivity contribution in [2.75, 3.05) is 19.8 Å². The third-order valence-electron chi connectivity index (χ3n) is 3.99. The van der Waals surface area contributed by atoms with Crippen LogP contribution in [-0.2, 0) is 28.4 Å². The van der Waals surface area contributed by atoms with Gasteiger partial charge < -0.3 is 9.30 Å². The number of aryl methyl sites for hydroxylation is 1. The Morgan fingerprint density at radius 3 is 2.96 bits per heavy atom. The van der Waals surface area contributed by atoms with Gasteiger partial charge in [-0.05, 0) is 19.1 Å². The molecule has 0 saturated heterocycles. The number of aromatic nitrogens is 3. The summed E-state index contributed by atoms with van der Waals surface area (Å²) in [7, 11) is -1.66. The average Bonchev–Trinajstić information content (AvgIpc) is 2.95. The van der Waals surface area contributed by atoms with Crippen LogP contribution < -0.4 is 0 Å². The molecule has 2 aromatic rings. The lowest BCUT2D eigenvalue weighted by molar-refractivity contribution is 0.119. The number of rotatable bonds is 5. The Bertz CT molecular complexity index is 773. The molecule has 2 aromatic heterocycles. The van der Waals surface area contributed by atoms with Crippen LogP contribution in [0.3, 0.4) is 0 Å². The molecular formula is C15H20N4O3S. The van der Waals surface area contributed by atoms with Crippen LogP contribution in [0.4, 0.5) is 0 Å². The highest BCUT2D eigenvalue weighted by atomic mass is 32.2. The van der Waals surface area contributed by atoms with Gasteiger partial charge in [0, 0.05) is 44.2 Å². The Morgan fingerprint density at radius 2 is 2.26 bits per heavy atom. The molecule has 1 atom stereocenters. The van der Waals surface area contributed by atoms with Gasteiger partial charge in [0.1, 0.15) is 4.90 Å². The minimum atomic E-state index is -3.59. The Balaban J connectivity index is 1.94. The SMILES string of the molecule is CCOCC1CN(S(=O)(=O)c2cccnc2)Cc2ncn(C)c21. The van der Waals surface area contributed by atoms with Gasteiger partial charge >= 0.3 is 0 Å². The molecule has 7 nitrogen and oxygen atoms in total. The first kappa shape index (κ1) is 16.1. The molecule has 0 spiro atoms. The molecule has 8 heteroatoms. The Kier molecular flexibility index (Phi) is 4.47. The van der Waals surface area contributed by atoms with E-state index in [-0.39, 0.29) is 17.4 Å². The zero-order chi connectivity index (χ0) is 16.4. The summed E-state index contributed by atoms with van der Waals surface area (Å²) < 4.78 is 34.6. The van der Waals surface area contributed by atoms with E-state index in [0.29, 0.717) is 19.8 Å². The highest BCUT2D eigenvalue weighted by Gasteiger charge is 2.35. The first-order valence-corrected chi connectivity index (χ1v) is 8.96. The van der Waals surface area contributed by atoms with Crippen molar-refractivity contribution in [3.8, 4) is 0 Å². The van der Waals surface area contributed by atoms with E-state index in [1.807, 2.05) is 18.5 Å². The van der Waals surface area contributed by atoms with Crippen molar-refractivity contribution < 1.29 is 13.2 Å². The van der Waals surface area contributed by atoms with Gasteiger partial charge in [0.2, 0.25) is 10.0 Å². The number of imidazole rings is 1. The fourth-order valence-corrected chi connectivity index (χ4v) is 4.33. The van der Waals surface area contributed by atoms with Crippen LogP contribution in [0.1, 0.15) is 24.2 Å². The van der Waals surface area contributed by atoms with Crippen LogP contribution >= 0.6 is 0 Å². The lowest BCUT2D eigenvalue weighted by atomic mass is 10.0. The monoisotopic (exact) mass is 336 g/mol. The molecule has 3 heterocycles. The second-order valence-corrected chi connectivity index (χ2v) is 7.47. The largest absolute Gasteiger partial charge is 0.381 e. The van der Waals surface area contributed by atoms with Crippen molar-refractivity contribution in [2.24, 2.45) is 7.05 Å². The molecule has 0 aromatic carbocycles. The summed E-state index contributed by atoms with van der Waals surface area (Å²) in [6.07, 6.45) is 4.66. The Hall–Kier alpha value is -1.77. The zero-order valence-corrected chi connectivity index (χ0v) is 14.0. The van der Waals surface area contributed by atoms with Crippen molar-refractivity contribution in [3.63, 3.8) is 0 Å². The molecular weight excluding hydrogens is 316 g/mol. The first-order valence-electron chi connectivity index (χ1n) is 7.52. The maximum absolute atomic E-state index is 12.8. The zero-order valence-electron chi connectivity index (χ0n) is 13.2. The van der Waals surface area contributed by atoms with E-state index in [2.05, 4.69) is 9.97 Å². The number of fused-ring (bicyclic) bond motifs is 1. The van der Waals surface area contributed by atoms with Crippen LogP contribution in [0.2, 0.25) is 0 Å². The molecule has 0 fully saturated rings. The number of hydrogen-bond donors (Lipinski definition) is 0. The van der Waals surface area contributed by atoms with Crippen molar-refractivity contribution in [1.82, 2.24) is 18.8 Å². The number of nitrogens with zero attached hydrogens (tertiary/aromatic N) is 4. The number of sulfonamides is 1. The van der Waals surface area contributed by atoms with E-state index < -0.39 is 10.0 Å². The third-order valence-corrected chi connectivity index (χ3v) is 5.79. The molecule has 1 aliphatic rings. The summed E-state index contributed by atoms with van der Waals surface area (Å²) in [5.74, 6) is -0.0300. The van der Waals surface area contributed by atoms with Gasteiger partial charge in [0.15, 0.2) is 0 Å². The number of hydrogen-bond acceptors (Lipinski definition) is 5. The van der Waals surface area contributed by atoms with Crippen molar-refractivity contribution in [3.05, 3.63) is 42.2 Å². The van der Waals surface area contributed by atoms with Gasteiger partial charge in [-0.3, -0.25) is 4.98 Å². The highest BCUT2D eigenvalue weighted by molar-refractivity contribution is 7.89. The lowest BCUT2D eigenvalue weighted by Gasteiger charge is -2.32. The molecule has 1 aliphatic heterocycles. The third kappa shape index (κ3) is 3.01. The lowest BCUT2D eigenvalue weighted by Crippen LogP contribution is -2.40. The standard InChI is InChI=1S/C15H20N4O3S/c1-3-22-10-12-8-19(9-14-15(12)18(2)11-17-14)23(20,21)13-5-4-6-16-7-13/h4-7,11-12H,3,8-10H2,1-2H3. The number of ether oxygens (including phenoxy) is 1. The molecule has 0 saturated carbocycles. The summed E-state index contributed by atoms with van der Waals surface area (Å²) in [5, 5.41) is 0. The molecule has 0 radical (unpaired) electrons. The minimum absolute atomic E-state index is 0.0300. The van der Waals surface area contributed by atoms with Crippen LogP contribution in [-0.4, -0.2) is 47.0 Å². The summed E-state index contributed by atoms with van der Waals surface area (Å²) >= 11 is 0. The van der Waals surface area contributed by atoms with E-state index in [9.17, 15) is 8.42 Å². The fourth-order valence-electron chi connectivity index (χ4n) is 2.92. The maximum atomic E-state index is 12.8. The van der Waals surface area contributed by atoms with Crippen LogP contribution in [0.25, 0.3) is 0 Å². The van der Waals surface area contributed by atoms with E-state index in [0.717, 1.165) is 11.4 Å². The maximum Gasteiger partial charge on any atom is 0.244 e. The van der Waals surface area contributed by atoms with E-state index in [4.69, 9.17) is 4.74 Å². The van der Waals surface area contributed by atoms with Crippen LogP contribution in [0.15, 0.2) is 35.7 Å². The minimum Gasteiger partial charge on any atom is -0.381 e. The van der Waals surface area contributed by atoms with Gasteiger partial charge in [-0.2, -0.15) is 4.31 Å². The molecule has 23 heavy (non-hydrogen) atoms. The normalized spacial score (nSPS) is 18.8.